The molecule has 0 radical (unpaired) electrons. The van der Waals surface area contributed by atoms with Crippen molar-refractivity contribution in [3.8, 4) is 0 Å². The van der Waals surface area contributed by atoms with Crippen LogP contribution in [0.2, 0.25) is 0 Å². The van der Waals surface area contributed by atoms with Gasteiger partial charge in [-0.25, -0.2) is 0 Å². The Balaban J connectivity index is 0.00000225. The first kappa shape index (κ1) is 20.2. The minimum Gasteiger partial charge on any atom is -0.378 e. The van der Waals surface area contributed by atoms with E-state index in [0.717, 1.165) is 25.8 Å². The maximum atomic E-state index is 12.4. The number of thiophene rings is 1. The number of hydrogen-bond acceptors (Lipinski definition) is 5. The second kappa shape index (κ2) is 10.1. The Kier molecular flexibility index (Phi) is 8.15. The third kappa shape index (κ3) is 5.67. The molecule has 1 aromatic heterocycles. The Hall–Kier alpha value is -1.15. The van der Waals surface area contributed by atoms with Crippen LogP contribution in [0.5, 0.6) is 0 Å². The second-order valence-corrected chi connectivity index (χ2v) is 7.33. The smallest absolute Gasteiger partial charge is 0.242 e. The van der Waals surface area contributed by atoms with Gasteiger partial charge in [-0.2, -0.15) is 0 Å². The highest BCUT2D eigenvalue weighted by Crippen LogP contribution is 2.18. The topological polar surface area (TPSA) is 70.7 Å². The highest BCUT2D eigenvalue weighted by Gasteiger charge is 2.31. The summed E-state index contributed by atoms with van der Waals surface area (Å²) in [5.41, 5.74) is 0. The van der Waals surface area contributed by atoms with E-state index in [1.54, 1.807) is 11.3 Å². The maximum absolute atomic E-state index is 12.4. The van der Waals surface area contributed by atoms with Crippen LogP contribution in [0.15, 0.2) is 17.5 Å². The van der Waals surface area contributed by atoms with Gasteiger partial charge in [0.25, 0.3) is 0 Å². The molecule has 0 bridgehead atoms. The van der Waals surface area contributed by atoms with E-state index >= 15 is 0 Å². The number of piperidine rings is 1. The van der Waals surface area contributed by atoms with Gasteiger partial charge in [0, 0.05) is 37.0 Å². The molecule has 0 aromatic carbocycles. The van der Waals surface area contributed by atoms with E-state index < -0.39 is 0 Å². The summed E-state index contributed by atoms with van der Waals surface area (Å²) < 4.78 is 5.36. The zero-order valence-corrected chi connectivity index (χ0v) is 15.9. The molecular formula is C17H26ClN3O3S. The largest absolute Gasteiger partial charge is 0.378 e. The van der Waals surface area contributed by atoms with Gasteiger partial charge in [0.2, 0.25) is 11.8 Å². The van der Waals surface area contributed by atoms with Crippen LogP contribution in [0.25, 0.3) is 0 Å². The van der Waals surface area contributed by atoms with Gasteiger partial charge < -0.3 is 20.3 Å². The van der Waals surface area contributed by atoms with E-state index in [4.69, 9.17) is 4.74 Å². The Bertz CT molecular complexity index is 541. The van der Waals surface area contributed by atoms with Crippen LogP contribution in [-0.2, 0) is 20.7 Å². The van der Waals surface area contributed by atoms with Crippen LogP contribution in [0.3, 0.4) is 0 Å². The molecule has 1 atom stereocenters. The summed E-state index contributed by atoms with van der Waals surface area (Å²) in [4.78, 5) is 27.8. The number of ether oxygens (including phenoxy) is 1. The van der Waals surface area contributed by atoms with Gasteiger partial charge in [0.15, 0.2) is 0 Å². The van der Waals surface area contributed by atoms with E-state index in [9.17, 15) is 9.59 Å². The van der Waals surface area contributed by atoms with Crippen LogP contribution in [0, 0.1) is 5.92 Å². The predicted molar refractivity (Wildman–Crippen MR) is 100 cm³/mol. The summed E-state index contributed by atoms with van der Waals surface area (Å²) in [6, 6.07) is 3.89. The van der Waals surface area contributed by atoms with Crippen molar-refractivity contribution >= 4 is 35.6 Å². The third-order valence-electron chi connectivity index (χ3n) is 4.65. The van der Waals surface area contributed by atoms with Gasteiger partial charge in [-0.05, 0) is 30.7 Å². The molecular weight excluding hydrogens is 362 g/mol. The zero-order chi connectivity index (χ0) is 16.8. The zero-order valence-electron chi connectivity index (χ0n) is 14.2. The number of nitrogens with zero attached hydrogens (tertiary/aromatic N) is 1. The number of hydrogen-bond donors (Lipinski definition) is 2. The van der Waals surface area contributed by atoms with Crippen LogP contribution in [0.4, 0.5) is 0 Å². The predicted octanol–water partition coefficient (Wildman–Crippen LogP) is 1.06. The third-order valence-corrected chi connectivity index (χ3v) is 5.58. The van der Waals surface area contributed by atoms with Crippen molar-refractivity contribution in [1.82, 2.24) is 15.5 Å². The molecule has 0 saturated carbocycles. The molecule has 2 saturated heterocycles. The molecule has 25 heavy (non-hydrogen) atoms. The van der Waals surface area contributed by atoms with E-state index in [0.29, 0.717) is 32.8 Å². The van der Waals surface area contributed by atoms with Crippen molar-refractivity contribution in [2.45, 2.75) is 25.3 Å². The van der Waals surface area contributed by atoms with Crippen molar-refractivity contribution in [2.75, 3.05) is 39.4 Å². The Morgan fingerprint density at radius 1 is 1.36 bits per heavy atom. The summed E-state index contributed by atoms with van der Waals surface area (Å²) in [5.74, 6) is 0.247. The van der Waals surface area contributed by atoms with Crippen molar-refractivity contribution in [1.29, 1.82) is 0 Å². The van der Waals surface area contributed by atoms with Crippen molar-refractivity contribution in [2.24, 2.45) is 5.92 Å². The van der Waals surface area contributed by atoms with Gasteiger partial charge in [-0.15, -0.1) is 23.7 Å². The van der Waals surface area contributed by atoms with Crippen LogP contribution >= 0.6 is 23.7 Å². The summed E-state index contributed by atoms with van der Waals surface area (Å²) in [5, 5.41) is 8.28. The minimum atomic E-state index is -0.227. The van der Waals surface area contributed by atoms with Crippen molar-refractivity contribution in [3.63, 3.8) is 0 Å². The van der Waals surface area contributed by atoms with Crippen LogP contribution in [0.1, 0.15) is 17.7 Å². The normalized spacial score (nSPS) is 21.4. The highest BCUT2D eigenvalue weighted by molar-refractivity contribution is 7.09. The monoisotopic (exact) mass is 387 g/mol. The van der Waals surface area contributed by atoms with E-state index in [1.165, 1.54) is 4.88 Å². The Morgan fingerprint density at radius 2 is 2.16 bits per heavy atom. The fourth-order valence-corrected chi connectivity index (χ4v) is 3.92. The fraction of sp³-hybridized carbons (Fsp3) is 0.647. The molecule has 2 amide bonds. The average Bonchev–Trinajstić information content (AvgIpc) is 3.15. The van der Waals surface area contributed by atoms with E-state index in [-0.39, 0.29) is 36.2 Å². The molecule has 1 unspecified atom stereocenters. The molecule has 1 aromatic rings. The lowest BCUT2D eigenvalue weighted by molar-refractivity contribution is -0.139. The lowest BCUT2D eigenvalue weighted by Crippen LogP contribution is -2.54. The molecule has 2 N–H and O–H groups in total. The number of nitrogens with one attached hydrogen (secondary N) is 2. The molecule has 2 fully saturated rings. The molecule has 2 aliphatic heterocycles. The van der Waals surface area contributed by atoms with E-state index in [1.807, 2.05) is 11.0 Å². The Morgan fingerprint density at radius 3 is 2.80 bits per heavy atom. The van der Waals surface area contributed by atoms with Crippen molar-refractivity contribution in [3.05, 3.63) is 22.4 Å². The summed E-state index contributed by atoms with van der Waals surface area (Å²) >= 11 is 1.72. The number of rotatable bonds is 5. The molecule has 8 heteroatoms. The molecule has 2 aliphatic rings. The van der Waals surface area contributed by atoms with E-state index in [2.05, 4.69) is 22.1 Å². The maximum Gasteiger partial charge on any atom is 0.242 e. The lowest BCUT2D eigenvalue weighted by Gasteiger charge is -2.35. The molecule has 6 nitrogen and oxygen atoms in total. The van der Waals surface area contributed by atoms with Crippen molar-refractivity contribution < 1.29 is 14.3 Å². The molecule has 3 heterocycles. The van der Waals surface area contributed by atoms with Gasteiger partial charge in [0.05, 0.1) is 13.2 Å². The molecule has 140 valence electrons. The van der Waals surface area contributed by atoms with Crippen LogP contribution < -0.4 is 10.6 Å². The van der Waals surface area contributed by atoms with Gasteiger partial charge >= 0.3 is 0 Å². The van der Waals surface area contributed by atoms with Gasteiger partial charge in [-0.3, -0.25) is 9.59 Å². The number of likely N-dealkylation sites (tertiary alicyclic amines) is 1. The summed E-state index contributed by atoms with van der Waals surface area (Å²) in [6.45, 7) is 3.82. The lowest BCUT2D eigenvalue weighted by atomic mass is 9.95. The molecule has 3 rings (SSSR count). The number of morpholine rings is 1. The Labute approximate surface area is 158 Å². The fourth-order valence-electron chi connectivity index (χ4n) is 3.21. The number of amides is 2. The minimum absolute atomic E-state index is 0. The average molecular weight is 388 g/mol. The summed E-state index contributed by atoms with van der Waals surface area (Å²) in [6.07, 6.45) is 2.36. The standard InChI is InChI=1S/C17H25N3O3S.ClH/c21-16(19-6-3-14-2-1-11-24-14)13-4-8-20(9-5-13)17(22)15-12-23-10-7-18-15;/h1-2,11,13,15,18H,3-10,12H2,(H,19,21);1H. The first-order valence-corrected chi connectivity index (χ1v) is 9.52. The van der Waals surface area contributed by atoms with Gasteiger partial charge in [0.1, 0.15) is 6.04 Å². The van der Waals surface area contributed by atoms with Crippen LogP contribution in [-0.4, -0.2) is 62.1 Å². The number of carbonyl (C=O) groups is 2. The van der Waals surface area contributed by atoms with Gasteiger partial charge in [-0.1, -0.05) is 6.07 Å². The first-order chi connectivity index (χ1) is 11.7. The first-order valence-electron chi connectivity index (χ1n) is 8.64. The SMILES string of the molecule is Cl.O=C(NCCc1cccs1)C1CCN(C(=O)C2COCCN2)CC1. The summed E-state index contributed by atoms with van der Waals surface area (Å²) in [7, 11) is 0. The number of halogens is 1. The quantitative estimate of drug-likeness (QED) is 0.792. The second-order valence-electron chi connectivity index (χ2n) is 6.30. The molecule has 0 spiro atoms. The molecule has 0 aliphatic carbocycles. The number of carbonyl (C=O) groups excluding carboxylic acids is 2. The highest BCUT2D eigenvalue weighted by atomic mass is 35.5.